The van der Waals surface area contributed by atoms with Gasteiger partial charge in [-0.3, -0.25) is 4.79 Å². The van der Waals surface area contributed by atoms with Crippen molar-refractivity contribution < 1.29 is 19.4 Å². The Morgan fingerprint density at radius 2 is 1.57 bits per heavy atom. The summed E-state index contributed by atoms with van der Waals surface area (Å²) < 4.78 is 12.1. The summed E-state index contributed by atoms with van der Waals surface area (Å²) in [7, 11) is 3.43. The van der Waals surface area contributed by atoms with Gasteiger partial charge in [-0.2, -0.15) is 0 Å². The van der Waals surface area contributed by atoms with Gasteiger partial charge < -0.3 is 14.6 Å². The molecule has 0 heterocycles. The highest BCUT2D eigenvalue weighted by atomic mass is 16.5. The number of methoxy groups -OCH3 is 2. The van der Waals surface area contributed by atoms with Crippen molar-refractivity contribution in [3.8, 4) is 11.5 Å². The Kier molecular flexibility index (Phi) is 2.79. The number of hydrogen-bond donors (Lipinski definition) is 1. The predicted molar refractivity (Wildman–Crippen MR) is 111 cm³/mol. The lowest BCUT2D eigenvalue weighted by Crippen LogP contribution is -2.32. The number of rotatable bonds is 3. The van der Waals surface area contributed by atoms with E-state index < -0.39 is 11.9 Å². The van der Waals surface area contributed by atoms with Gasteiger partial charge in [0, 0.05) is 28.2 Å². The maximum absolute atomic E-state index is 11.8. The Morgan fingerprint density at radius 1 is 0.900 bits per heavy atom. The van der Waals surface area contributed by atoms with Crippen molar-refractivity contribution in [3.63, 3.8) is 0 Å². The van der Waals surface area contributed by atoms with E-state index in [0.29, 0.717) is 12.8 Å². The van der Waals surface area contributed by atoms with Crippen molar-refractivity contribution in [2.24, 2.45) is 5.92 Å². The summed E-state index contributed by atoms with van der Waals surface area (Å²) in [6, 6.07) is 15.3. The fourth-order valence-electron chi connectivity index (χ4n) is 6.80. The van der Waals surface area contributed by atoms with Crippen molar-refractivity contribution in [2.45, 2.75) is 24.2 Å². The van der Waals surface area contributed by atoms with Crippen LogP contribution in [0.2, 0.25) is 0 Å². The first-order valence-electron chi connectivity index (χ1n) is 10.4. The van der Waals surface area contributed by atoms with Gasteiger partial charge in [0.15, 0.2) is 0 Å². The number of carbonyl (C=O) groups is 1. The molecule has 3 unspecified atom stereocenters. The average molecular weight is 396 g/mol. The Hall–Kier alpha value is -3.27. The van der Waals surface area contributed by atoms with Gasteiger partial charge in [-0.05, 0) is 40.7 Å². The van der Waals surface area contributed by atoms with Crippen LogP contribution in [-0.4, -0.2) is 25.3 Å². The van der Waals surface area contributed by atoms with E-state index in [-0.39, 0.29) is 11.3 Å². The molecule has 1 N–H and O–H groups in total. The molecule has 5 aliphatic rings. The standard InChI is InChI=1S/C26H20O4/c1-29-23-15-10-12(25(27)28)11-16(15)24(30-2)22-20(23)19-13-6-3-4-8-17(13)26(22)18-9-5-7-14(19)21(18)26/h3-9,12,19H,10-11H2,1-2H3,(H,27,28). The molecule has 3 aromatic rings. The molecule has 0 amide bonds. The summed E-state index contributed by atoms with van der Waals surface area (Å²) in [5, 5.41) is 9.72. The molecule has 8 rings (SSSR count). The number of fused-ring (bicyclic) bond motifs is 1. The Labute approximate surface area is 174 Å². The normalized spacial score (nSPS) is 25.1. The smallest absolute Gasteiger partial charge is 0.307 e. The van der Waals surface area contributed by atoms with Crippen LogP contribution in [0.1, 0.15) is 56.0 Å². The van der Waals surface area contributed by atoms with Gasteiger partial charge in [0.25, 0.3) is 0 Å². The van der Waals surface area contributed by atoms with E-state index in [1.54, 1.807) is 14.2 Å². The molecule has 4 nitrogen and oxygen atoms in total. The maximum atomic E-state index is 11.8. The summed E-state index contributed by atoms with van der Waals surface area (Å²) >= 11 is 0. The lowest BCUT2D eigenvalue weighted by molar-refractivity contribution is -0.141. The zero-order valence-electron chi connectivity index (χ0n) is 16.8. The van der Waals surface area contributed by atoms with Crippen LogP contribution in [0, 0.1) is 5.92 Å². The second-order valence-electron chi connectivity index (χ2n) is 8.80. The molecule has 0 radical (unpaired) electrons. The minimum atomic E-state index is -0.756. The highest BCUT2D eigenvalue weighted by Gasteiger charge is 2.66. The second kappa shape index (κ2) is 5.07. The fourth-order valence-corrected chi connectivity index (χ4v) is 6.80. The van der Waals surface area contributed by atoms with Gasteiger partial charge in [-0.1, -0.05) is 42.5 Å². The molecule has 0 saturated carbocycles. The Balaban J connectivity index is 1.64. The van der Waals surface area contributed by atoms with Gasteiger partial charge in [0.2, 0.25) is 0 Å². The molecule has 0 saturated heterocycles. The minimum absolute atomic E-state index is 0.0913. The predicted octanol–water partition coefficient (Wildman–Crippen LogP) is 4.01. The Morgan fingerprint density at radius 3 is 2.30 bits per heavy atom. The molecular weight excluding hydrogens is 376 g/mol. The van der Waals surface area contributed by atoms with Gasteiger partial charge >= 0.3 is 5.97 Å². The minimum Gasteiger partial charge on any atom is -0.496 e. The van der Waals surface area contributed by atoms with Crippen molar-refractivity contribution in [3.05, 3.63) is 92.5 Å². The fraction of sp³-hybridized carbons (Fsp3) is 0.269. The molecular formula is C26H20O4. The molecule has 1 spiro atoms. The van der Waals surface area contributed by atoms with Gasteiger partial charge in [-0.15, -0.1) is 0 Å². The SMILES string of the molecule is COc1c2c(c(OC)c3c1C1c4ccccc4C34c3cccc1c34)CC(C(=O)O)C2. The third-order valence-electron chi connectivity index (χ3n) is 7.78. The summed E-state index contributed by atoms with van der Waals surface area (Å²) in [6.07, 6.45) is 0.979. The molecule has 0 aliphatic heterocycles. The molecule has 3 aromatic carbocycles. The molecule has 4 heteroatoms. The number of hydrogen-bond acceptors (Lipinski definition) is 3. The molecule has 2 bridgehead atoms. The van der Waals surface area contributed by atoms with Crippen LogP contribution in [0.15, 0.2) is 42.5 Å². The Bertz CT molecular complexity index is 1320. The van der Waals surface area contributed by atoms with Crippen LogP contribution >= 0.6 is 0 Å². The molecule has 30 heavy (non-hydrogen) atoms. The monoisotopic (exact) mass is 396 g/mol. The van der Waals surface area contributed by atoms with Crippen LogP contribution in [0.25, 0.3) is 0 Å². The summed E-state index contributed by atoms with van der Waals surface area (Å²) in [6.45, 7) is 0. The zero-order valence-corrected chi connectivity index (χ0v) is 16.8. The van der Waals surface area contributed by atoms with E-state index in [2.05, 4.69) is 42.5 Å². The van der Waals surface area contributed by atoms with E-state index >= 15 is 0 Å². The van der Waals surface area contributed by atoms with Crippen LogP contribution in [0.5, 0.6) is 11.5 Å². The third kappa shape index (κ3) is 1.52. The molecule has 148 valence electrons. The molecule has 0 fully saturated rings. The average Bonchev–Trinajstić information content (AvgIpc) is 3.23. The highest BCUT2D eigenvalue weighted by Crippen LogP contribution is 2.74. The topological polar surface area (TPSA) is 55.8 Å². The van der Waals surface area contributed by atoms with E-state index in [0.717, 1.165) is 22.6 Å². The number of carboxylic acids is 1. The van der Waals surface area contributed by atoms with Crippen molar-refractivity contribution in [1.82, 2.24) is 0 Å². The van der Waals surface area contributed by atoms with Gasteiger partial charge in [0.1, 0.15) is 11.5 Å². The van der Waals surface area contributed by atoms with E-state index in [1.807, 2.05) is 0 Å². The van der Waals surface area contributed by atoms with Crippen molar-refractivity contribution in [1.29, 1.82) is 0 Å². The first-order valence-corrected chi connectivity index (χ1v) is 10.4. The van der Waals surface area contributed by atoms with E-state index in [4.69, 9.17) is 9.47 Å². The summed E-state index contributed by atoms with van der Waals surface area (Å²) in [5.41, 5.74) is 10.9. The maximum Gasteiger partial charge on any atom is 0.307 e. The molecule has 0 aromatic heterocycles. The third-order valence-corrected chi connectivity index (χ3v) is 7.78. The van der Waals surface area contributed by atoms with Gasteiger partial charge in [0.05, 0.1) is 25.6 Å². The summed E-state index contributed by atoms with van der Waals surface area (Å²) in [5.74, 6) is 0.632. The highest BCUT2D eigenvalue weighted by molar-refractivity contribution is 5.91. The zero-order chi connectivity index (χ0) is 20.4. The number of benzene rings is 3. The lowest BCUT2D eigenvalue weighted by atomic mass is 9.61. The second-order valence-corrected chi connectivity index (χ2v) is 8.80. The van der Waals surface area contributed by atoms with Gasteiger partial charge in [-0.25, -0.2) is 0 Å². The van der Waals surface area contributed by atoms with E-state index in [9.17, 15) is 9.90 Å². The van der Waals surface area contributed by atoms with Crippen LogP contribution in [-0.2, 0) is 23.1 Å². The van der Waals surface area contributed by atoms with Crippen LogP contribution in [0.4, 0.5) is 0 Å². The largest absolute Gasteiger partial charge is 0.496 e. The molecule has 5 aliphatic carbocycles. The number of ether oxygens (including phenoxy) is 2. The van der Waals surface area contributed by atoms with E-state index in [1.165, 1.54) is 38.9 Å². The first-order chi connectivity index (χ1) is 14.6. The molecule has 3 atom stereocenters. The first kappa shape index (κ1) is 16.5. The van der Waals surface area contributed by atoms with Crippen molar-refractivity contribution in [2.75, 3.05) is 14.2 Å². The number of aliphatic carboxylic acids is 1. The quantitative estimate of drug-likeness (QED) is 0.491. The van der Waals surface area contributed by atoms with Crippen molar-refractivity contribution >= 4 is 5.97 Å². The summed E-state index contributed by atoms with van der Waals surface area (Å²) in [4.78, 5) is 11.8. The lowest BCUT2D eigenvalue weighted by Gasteiger charge is -2.42. The van der Waals surface area contributed by atoms with Crippen LogP contribution < -0.4 is 9.47 Å². The number of carboxylic acid groups (broad SMARTS) is 1. The van der Waals surface area contributed by atoms with Crippen LogP contribution in [0.3, 0.4) is 0 Å².